The highest BCUT2D eigenvalue weighted by Crippen LogP contribution is 2.48. The molecule has 2 aromatic heterocycles. The normalized spacial score (nSPS) is 16.0. The van der Waals surface area contributed by atoms with Crippen molar-refractivity contribution in [3.8, 4) is 34.6 Å². The predicted molar refractivity (Wildman–Crippen MR) is 144 cm³/mol. The molecule has 0 radical (unpaired) electrons. The average Bonchev–Trinajstić information content (AvgIpc) is 3.61. The van der Waals surface area contributed by atoms with Crippen molar-refractivity contribution in [2.24, 2.45) is 0 Å². The zero-order valence-corrected chi connectivity index (χ0v) is 21.2. The molecule has 1 fully saturated rings. The number of aromatic nitrogens is 4. The third kappa shape index (κ3) is 4.35. The summed E-state index contributed by atoms with van der Waals surface area (Å²) in [6, 6.07) is 12.3. The molecule has 196 valence electrons. The number of fused-ring (bicyclic) bond motifs is 2. The molecule has 0 unspecified atom stereocenters. The Morgan fingerprint density at radius 2 is 1.92 bits per heavy atom. The molecular weight excluding hydrogens is 498 g/mol. The van der Waals surface area contributed by atoms with Crippen LogP contribution < -0.4 is 20.5 Å². The van der Waals surface area contributed by atoms with Crippen molar-refractivity contribution < 1.29 is 19.1 Å². The zero-order valence-electron chi connectivity index (χ0n) is 21.2. The second kappa shape index (κ2) is 9.98. The smallest absolute Gasteiger partial charge is 0.298 e. The molecule has 0 saturated carbocycles. The van der Waals surface area contributed by atoms with E-state index in [1.165, 1.54) is 6.33 Å². The molecule has 11 nitrogen and oxygen atoms in total. The lowest BCUT2D eigenvalue weighted by Gasteiger charge is -2.31. The molecule has 6 rings (SSSR count). The maximum atomic E-state index is 12.8. The van der Waals surface area contributed by atoms with Crippen LogP contribution in [0.3, 0.4) is 0 Å². The fourth-order valence-corrected chi connectivity index (χ4v) is 5.03. The Hall–Kier alpha value is -5.11. The van der Waals surface area contributed by atoms with E-state index in [1.807, 2.05) is 10.7 Å². The first-order valence-electron chi connectivity index (χ1n) is 12.5. The molecule has 3 N–H and O–H groups in total. The number of nitrogens with two attached hydrogens (primary N) is 1. The summed E-state index contributed by atoms with van der Waals surface area (Å²) >= 11 is 0. The van der Waals surface area contributed by atoms with Gasteiger partial charge in [0, 0.05) is 24.2 Å². The van der Waals surface area contributed by atoms with Gasteiger partial charge < -0.3 is 25.4 Å². The highest BCUT2D eigenvalue weighted by Gasteiger charge is 2.31. The number of ether oxygens (including phenoxy) is 2. The number of likely N-dealkylation sites (tertiary alicyclic amines) is 1. The summed E-state index contributed by atoms with van der Waals surface area (Å²) in [5.74, 6) is 5.95. The SMILES string of the molecule is CC#CC(=O)N1CCC[C@@H](n2nc(-c3ccc(NC(=O)c4ccccc4)c4c3OCO4)c3c(N)ncnc32)C1. The molecule has 1 saturated heterocycles. The van der Waals surface area contributed by atoms with Crippen molar-refractivity contribution in [1.29, 1.82) is 0 Å². The summed E-state index contributed by atoms with van der Waals surface area (Å²) < 4.78 is 13.4. The van der Waals surface area contributed by atoms with Crippen LogP contribution in [-0.4, -0.2) is 56.3 Å². The van der Waals surface area contributed by atoms with Crippen LogP contribution >= 0.6 is 0 Å². The highest BCUT2D eigenvalue weighted by molar-refractivity contribution is 6.06. The summed E-state index contributed by atoms with van der Waals surface area (Å²) in [7, 11) is 0. The summed E-state index contributed by atoms with van der Waals surface area (Å²) in [6.45, 7) is 2.73. The molecule has 1 atom stereocenters. The van der Waals surface area contributed by atoms with Crippen molar-refractivity contribution in [2.75, 3.05) is 30.9 Å². The summed E-state index contributed by atoms with van der Waals surface area (Å²) in [5.41, 5.74) is 9.07. The molecule has 11 heteroatoms. The minimum Gasteiger partial charge on any atom is -0.453 e. The molecule has 0 aliphatic carbocycles. The van der Waals surface area contributed by atoms with Gasteiger partial charge in [-0.25, -0.2) is 14.6 Å². The number of nitrogen functional groups attached to an aromatic ring is 1. The van der Waals surface area contributed by atoms with E-state index in [2.05, 4.69) is 27.1 Å². The zero-order chi connectivity index (χ0) is 26.9. The van der Waals surface area contributed by atoms with E-state index in [-0.39, 0.29) is 30.5 Å². The molecule has 4 heterocycles. The minimum atomic E-state index is -0.266. The molecular formula is C28H25N7O4. The Balaban J connectivity index is 1.40. The Morgan fingerprint density at radius 1 is 1.10 bits per heavy atom. The third-order valence-electron chi connectivity index (χ3n) is 6.84. The van der Waals surface area contributed by atoms with Crippen molar-refractivity contribution in [2.45, 2.75) is 25.8 Å². The number of hydrogen-bond donors (Lipinski definition) is 2. The van der Waals surface area contributed by atoms with Crippen molar-refractivity contribution >= 4 is 34.4 Å². The summed E-state index contributed by atoms with van der Waals surface area (Å²) in [5, 5.41) is 8.41. The monoisotopic (exact) mass is 523 g/mol. The molecule has 0 bridgehead atoms. The van der Waals surface area contributed by atoms with Crippen molar-refractivity contribution in [3.63, 3.8) is 0 Å². The van der Waals surface area contributed by atoms with Crippen LogP contribution in [0.1, 0.15) is 36.2 Å². The lowest BCUT2D eigenvalue weighted by atomic mass is 10.1. The van der Waals surface area contributed by atoms with Crippen molar-refractivity contribution in [3.05, 3.63) is 54.4 Å². The number of benzene rings is 2. The fourth-order valence-electron chi connectivity index (χ4n) is 5.03. The number of hydrogen-bond acceptors (Lipinski definition) is 8. The Kier molecular flexibility index (Phi) is 6.20. The second-order valence-electron chi connectivity index (χ2n) is 9.22. The molecule has 2 aromatic carbocycles. The van der Waals surface area contributed by atoms with Crippen LogP contribution in [-0.2, 0) is 4.79 Å². The van der Waals surface area contributed by atoms with E-state index in [1.54, 1.807) is 48.2 Å². The van der Waals surface area contributed by atoms with Gasteiger partial charge in [0.25, 0.3) is 11.8 Å². The molecule has 2 amide bonds. The van der Waals surface area contributed by atoms with E-state index >= 15 is 0 Å². The second-order valence-corrected chi connectivity index (χ2v) is 9.22. The number of amides is 2. The van der Waals surface area contributed by atoms with Gasteiger partial charge in [0.1, 0.15) is 17.8 Å². The topological polar surface area (TPSA) is 137 Å². The number of rotatable bonds is 4. The maximum absolute atomic E-state index is 12.8. The van der Waals surface area contributed by atoms with E-state index < -0.39 is 0 Å². The average molecular weight is 524 g/mol. The standard InChI is InChI=1S/C28H25N7O4/c1-2-7-21(36)34-13-6-10-18(14-34)35-27-22(26(29)30-15-31-27)23(33-35)19-11-12-20(25-24(19)38-16-39-25)32-28(37)17-8-4-3-5-9-17/h3-5,8-9,11-12,15,18H,6,10,13-14,16H2,1H3,(H,32,37)(H2,29,30,31)/t18-/m1/s1. The molecule has 2 aliphatic heterocycles. The summed E-state index contributed by atoms with van der Waals surface area (Å²) in [6.07, 6.45) is 3.02. The largest absolute Gasteiger partial charge is 0.453 e. The van der Waals surface area contributed by atoms with Gasteiger partial charge in [-0.05, 0) is 50.0 Å². The van der Waals surface area contributed by atoms with E-state index in [0.29, 0.717) is 58.1 Å². The number of carbonyl (C=O) groups excluding carboxylic acids is 2. The van der Waals surface area contributed by atoms with E-state index in [4.69, 9.17) is 20.3 Å². The molecule has 39 heavy (non-hydrogen) atoms. The van der Waals surface area contributed by atoms with Crippen LogP contribution in [0.5, 0.6) is 11.5 Å². The van der Waals surface area contributed by atoms with Gasteiger partial charge in [-0.1, -0.05) is 24.1 Å². The number of carbonyl (C=O) groups is 2. The first kappa shape index (κ1) is 24.2. The first-order chi connectivity index (χ1) is 19.0. The van der Waals surface area contributed by atoms with Gasteiger partial charge in [0.15, 0.2) is 17.1 Å². The Bertz CT molecular complexity index is 1660. The third-order valence-corrected chi connectivity index (χ3v) is 6.84. The van der Waals surface area contributed by atoms with E-state index in [0.717, 1.165) is 12.8 Å². The fraction of sp³-hybridized carbons (Fsp3) is 0.250. The minimum absolute atomic E-state index is 0.0106. The van der Waals surface area contributed by atoms with Crippen LogP contribution in [0.25, 0.3) is 22.3 Å². The lowest BCUT2D eigenvalue weighted by Crippen LogP contribution is -2.40. The van der Waals surface area contributed by atoms with Gasteiger partial charge in [-0.2, -0.15) is 5.10 Å². The highest BCUT2D eigenvalue weighted by atomic mass is 16.7. The molecule has 4 aromatic rings. The number of piperidine rings is 1. The Morgan fingerprint density at radius 3 is 2.74 bits per heavy atom. The van der Waals surface area contributed by atoms with Crippen LogP contribution in [0.2, 0.25) is 0 Å². The quantitative estimate of drug-likeness (QED) is 0.389. The van der Waals surface area contributed by atoms with Crippen LogP contribution in [0, 0.1) is 11.8 Å². The number of nitrogens with zero attached hydrogens (tertiary/aromatic N) is 5. The van der Waals surface area contributed by atoms with Gasteiger partial charge in [-0.15, -0.1) is 0 Å². The van der Waals surface area contributed by atoms with Gasteiger partial charge in [-0.3, -0.25) is 9.59 Å². The van der Waals surface area contributed by atoms with Gasteiger partial charge in [0.05, 0.1) is 17.1 Å². The van der Waals surface area contributed by atoms with Crippen molar-refractivity contribution in [1.82, 2.24) is 24.6 Å². The summed E-state index contributed by atoms with van der Waals surface area (Å²) in [4.78, 5) is 35.7. The first-order valence-corrected chi connectivity index (χ1v) is 12.5. The lowest BCUT2D eigenvalue weighted by molar-refractivity contribution is -0.126. The Labute approximate surface area is 223 Å². The maximum Gasteiger partial charge on any atom is 0.298 e. The number of anilines is 2. The predicted octanol–water partition coefficient (Wildman–Crippen LogP) is 3.24. The van der Waals surface area contributed by atoms with Gasteiger partial charge >= 0.3 is 0 Å². The number of nitrogens with one attached hydrogen (secondary N) is 1. The molecule has 2 aliphatic rings. The van der Waals surface area contributed by atoms with E-state index in [9.17, 15) is 9.59 Å². The van der Waals surface area contributed by atoms with Crippen LogP contribution in [0.15, 0.2) is 48.8 Å². The van der Waals surface area contributed by atoms with Gasteiger partial charge in [0.2, 0.25) is 6.79 Å². The molecule has 0 spiro atoms. The van der Waals surface area contributed by atoms with Crippen LogP contribution in [0.4, 0.5) is 11.5 Å².